The first-order valence-electron chi connectivity index (χ1n) is 8.95. The molecule has 0 atom stereocenters. The van der Waals surface area contributed by atoms with Gasteiger partial charge in [0.25, 0.3) is 0 Å². The summed E-state index contributed by atoms with van der Waals surface area (Å²) >= 11 is 0. The van der Waals surface area contributed by atoms with Gasteiger partial charge in [-0.3, -0.25) is 4.79 Å². The fourth-order valence-corrected chi connectivity index (χ4v) is 3.18. The summed E-state index contributed by atoms with van der Waals surface area (Å²) in [4.78, 5) is 12.0. The molecule has 1 saturated carbocycles. The molecule has 0 aromatic carbocycles. The minimum Gasteiger partial charge on any atom is -0.356 e. The molecular weight excluding hydrogens is 260 g/mol. The van der Waals surface area contributed by atoms with E-state index in [4.69, 9.17) is 5.73 Å². The van der Waals surface area contributed by atoms with Gasteiger partial charge in [0.2, 0.25) is 5.91 Å². The second kappa shape index (κ2) is 9.45. The van der Waals surface area contributed by atoms with E-state index in [1.807, 2.05) is 0 Å². The van der Waals surface area contributed by atoms with Gasteiger partial charge in [0, 0.05) is 19.0 Å². The van der Waals surface area contributed by atoms with Crippen LogP contribution in [0, 0.1) is 11.3 Å². The van der Waals surface area contributed by atoms with Crippen molar-refractivity contribution in [2.45, 2.75) is 91.0 Å². The van der Waals surface area contributed by atoms with E-state index in [1.54, 1.807) is 0 Å². The lowest BCUT2D eigenvalue weighted by atomic mass is 9.83. The van der Waals surface area contributed by atoms with Crippen LogP contribution in [0.2, 0.25) is 0 Å². The lowest BCUT2D eigenvalue weighted by Crippen LogP contribution is -2.34. The van der Waals surface area contributed by atoms with Crippen LogP contribution in [0.5, 0.6) is 0 Å². The second-order valence-corrected chi connectivity index (χ2v) is 7.72. The molecule has 0 spiro atoms. The lowest BCUT2D eigenvalue weighted by Gasteiger charge is -2.27. The number of amides is 1. The summed E-state index contributed by atoms with van der Waals surface area (Å²) in [7, 11) is 0. The number of unbranched alkanes of at least 4 members (excludes halogenated alkanes) is 2. The number of carbonyl (C=O) groups excluding carboxylic acids is 1. The summed E-state index contributed by atoms with van der Waals surface area (Å²) in [6.45, 7) is 7.55. The van der Waals surface area contributed by atoms with Gasteiger partial charge in [0.15, 0.2) is 0 Å². The SMILES string of the molecule is CCCCCC(C)(C)CNC(=O)CCC1CCC(N)CC1. The van der Waals surface area contributed by atoms with Crippen molar-refractivity contribution >= 4 is 5.91 Å². The molecule has 0 radical (unpaired) electrons. The fourth-order valence-electron chi connectivity index (χ4n) is 3.18. The Bertz CT molecular complexity index is 294. The maximum Gasteiger partial charge on any atom is 0.220 e. The maximum atomic E-state index is 12.0. The van der Waals surface area contributed by atoms with Gasteiger partial charge in [-0.2, -0.15) is 0 Å². The van der Waals surface area contributed by atoms with Crippen LogP contribution < -0.4 is 11.1 Å². The molecule has 0 unspecified atom stereocenters. The third-order valence-electron chi connectivity index (χ3n) is 4.89. The summed E-state index contributed by atoms with van der Waals surface area (Å²) in [6.07, 6.45) is 11.4. The number of carbonyl (C=O) groups is 1. The Hall–Kier alpha value is -0.570. The van der Waals surface area contributed by atoms with Crippen molar-refractivity contribution in [3.63, 3.8) is 0 Å². The van der Waals surface area contributed by atoms with Crippen LogP contribution in [0.25, 0.3) is 0 Å². The Balaban J connectivity index is 2.12. The molecule has 0 aliphatic heterocycles. The Morgan fingerprint density at radius 3 is 2.48 bits per heavy atom. The normalized spacial score (nSPS) is 23.0. The highest BCUT2D eigenvalue weighted by Crippen LogP contribution is 2.27. The number of rotatable bonds is 9. The molecule has 21 heavy (non-hydrogen) atoms. The molecule has 1 amide bonds. The third kappa shape index (κ3) is 8.45. The van der Waals surface area contributed by atoms with Crippen molar-refractivity contribution in [3.8, 4) is 0 Å². The van der Waals surface area contributed by atoms with Gasteiger partial charge in [-0.1, -0.05) is 40.0 Å². The first kappa shape index (κ1) is 18.5. The molecule has 1 aliphatic rings. The van der Waals surface area contributed by atoms with E-state index in [-0.39, 0.29) is 11.3 Å². The van der Waals surface area contributed by atoms with Gasteiger partial charge in [-0.05, 0) is 49.9 Å². The van der Waals surface area contributed by atoms with Crippen LogP contribution >= 0.6 is 0 Å². The Morgan fingerprint density at radius 1 is 1.19 bits per heavy atom. The number of nitrogens with two attached hydrogens (primary N) is 1. The molecular formula is C18H36N2O. The first-order valence-corrected chi connectivity index (χ1v) is 8.95. The molecule has 3 heteroatoms. The summed E-state index contributed by atoms with van der Waals surface area (Å²) in [6, 6.07) is 0.402. The fraction of sp³-hybridized carbons (Fsp3) is 0.944. The van der Waals surface area contributed by atoms with E-state index in [1.165, 1.54) is 38.5 Å². The van der Waals surface area contributed by atoms with E-state index in [0.29, 0.717) is 18.4 Å². The van der Waals surface area contributed by atoms with Crippen molar-refractivity contribution in [1.29, 1.82) is 0 Å². The van der Waals surface area contributed by atoms with Crippen molar-refractivity contribution in [2.75, 3.05) is 6.54 Å². The van der Waals surface area contributed by atoms with Crippen LogP contribution in [-0.4, -0.2) is 18.5 Å². The molecule has 0 bridgehead atoms. The molecule has 1 fully saturated rings. The summed E-state index contributed by atoms with van der Waals surface area (Å²) in [5, 5.41) is 3.13. The van der Waals surface area contributed by atoms with Gasteiger partial charge in [-0.15, -0.1) is 0 Å². The third-order valence-corrected chi connectivity index (χ3v) is 4.89. The van der Waals surface area contributed by atoms with E-state index >= 15 is 0 Å². The monoisotopic (exact) mass is 296 g/mol. The molecule has 124 valence electrons. The highest BCUT2D eigenvalue weighted by atomic mass is 16.1. The van der Waals surface area contributed by atoms with Gasteiger partial charge in [-0.25, -0.2) is 0 Å². The van der Waals surface area contributed by atoms with Crippen LogP contribution in [-0.2, 0) is 4.79 Å². The largest absolute Gasteiger partial charge is 0.356 e. The van der Waals surface area contributed by atoms with Crippen LogP contribution in [0.15, 0.2) is 0 Å². The Kier molecular flexibility index (Phi) is 8.31. The molecule has 3 nitrogen and oxygen atoms in total. The summed E-state index contributed by atoms with van der Waals surface area (Å²) < 4.78 is 0. The molecule has 1 aliphatic carbocycles. The van der Waals surface area contributed by atoms with Gasteiger partial charge < -0.3 is 11.1 Å². The summed E-state index contributed by atoms with van der Waals surface area (Å²) in [5.41, 5.74) is 6.14. The number of hydrogen-bond acceptors (Lipinski definition) is 2. The quantitative estimate of drug-likeness (QED) is 0.632. The van der Waals surface area contributed by atoms with Gasteiger partial charge in [0.1, 0.15) is 0 Å². The van der Waals surface area contributed by atoms with Crippen LogP contribution in [0.1, 0.15) is 85.0 Å². The van der Waals surface area contributed by atoms with Crippen LogP contribution in [0.3, 0.4) is 0 Å². The Labute approximate surface area is 131 Å². The van der Waals surface area contributed by atoms with Crippen molar-refractivity contribution < 1.29 is 4.79 Å². The smallest absolute Gasteiger partial charge is 0.220 e. The van der Waals surface area contributed by atoms with Crippen molar-refractivity contribution in [1.82, 2.24) is 5.32 Å². The molecule has 0 aromatic heterocycles. The zero-order valence-corrected chi connectivity index (χ0v) is 14.4. The highest BCUT2D eigenvalue weighted by molar-refractivity contribution is 5.75. The van der Waals surface area contributed by atoms with E-state index in [2.05, 4.69) is 26.1 Å². The standard InChI is InChI=1S/C18H36N2O/c1-4-5-6-13-18(2,3)14-20-17(21)12-9-15-7-10-16(19)11-8-15/h15-16H,4-14,19H2,1-3H3,(H,20,21). The van der Waals surface area contributed by atoms with Crippen molar-refractivity contribution in [3.05, 3.63) is 0 Å². The number of nitrogens with one attached hydrogen (secondary N) is 1. The summed E-state index contributed by atoms with van der Waals surface area (Å²) in [5.74, 6) is 0.946. The first-order chi connectivity index (χ1) is 9.93. The topological polar surface area (TPSA) is 55.1 Å². The molecule has 3 N–H and O–H groups in total. The number of hydrogen-bond donors (Lipinski definition) is 2. The predicted octanol–water partition coefficient (Wildman–Crippen LogP) is 4.01. The van der Waals surface area contributed by atoms with Gasteiger partial charge in [0.05, 0.1) is 0 Å². The zero-order chi connectivity index (χ0) is 15.7. The zero-order valence-electron chi connectivity index (χ0n) is 14.4. The average Bonchev–Trinajstić information content (AvgIpc) is 2.45. The minimum absolute atomic E-state index is 0.225. The van der Waals surface area contributed by atoms with Gasteiger partial charge >= 0.3 is 0 Å². The van der Waals surface area contributed by atoms with Crippen molar-refractivity contribution in [2.24, 2.45) is 17.1 Å². The van der Waals surface area contributed by atoms with Crippen LogP contribution in [0.4, 0.5) is 0 Å². The molecule has 0 aromatic rings. The lowest BCUT2D eigenvalue weighted by molar-refractivity contribution is -0.121. The molecule has 0 heterocycles. The van der Waals surface area contributed by atoms with E-state index in [0.717, 1.165) is 25.8 Å². The average molecular weight is 296 g/mol. The molecule has 1 rings (SSSR count). The van der Waals surface area contributed by atoms with E-state index < -0.39 is 0 Å². The highest BCUT2D eigenvalue weighted by Gasteiger charge is 2.21. The Morgan fingerprint density at radius 2 is 1.86 bits per heavy atom. The van der Waals surface area contributed by atoms with E-state index in [9.17, 15) is 4.79 Å². The second-order valence-electron chi connectivity index (χ2n) is 7.72. The molecule has 0 saturated heterocycles. The maximum absolute atomic E-state index is 12.0. The minimum atomic E-state index is 0.225. The predicted molar refractivity (Wildman–Crippen MR) is 90.1 cm³/mol.